The lowest BCUT2D eigenvalue weighted by molar-refractivity contribution is -0.140. The Labute approximate surface area is 133 Å². The van der Waals surface area contributed by atoms with Crippen LogP contribution in [0.4, 0.5) is 0 Å². The first-order valence-corrected chi connectivity index (χ1v) is 7.55. The van der Waals surface area contributed by atoms with Crippen molar-refractivity contribution in [1.29, 1.82) is 0 Å². The second kappa shape index (κ2) is 7.79. The van der Waals surface area contributed by atoms with Crippen molar-refractivity contribution >= 4 is 29.3 Å². The third kappa shape index (κ3) is 4.73. The van der Waals surface area contributed by atoms with Crippen molar-refractivity contribution in [3.63, 3.8) is 0 Å². The minimum absolute atomic E-state index is 0.198. The standard InChI is InChI=1S/C15H18ClN3O3/c16-11-5-3-4-10(8-11)9-18-14(21)15(22)19-12-6-1-2-7-17-13(12)20/h3-5,8,12H,1-2,6-7,9H2,(H,17,20)(H,18,21)(H,19,22)/t12-/m1/s1. The summed E-state index contributed by atoms with van der Waals surface area (Å²) in [5, 5.41) is 8.24. The van der Waals surface area contributed by atoms with Crippen molar-refractivity contribution in [2.24, 2.45) is 0 Å². The lowest BCUT2D eigenvalue weighted by Gasteiger charge is -2.14. The number of carbonyl (C=O) groups is 3. The Morgan fingerprint density at radius 1 is 1.27 bits per heavy atom. The molecule has 7 heteroatoms. The summed E-state index contributed by atoms with van der Waals surface area (Å²) in [5.74, 6) is -1.81. The zero-order valence-corrected chi connectivity index (χ0v) is 12.8. The SMILES string of the molecule is O=C(NCc1cccc(Cl)c1)C(=O)N[C@@H]1CCCCNC1=O. The zero-order chi connectivity index (χ0) is 15.9. The molecule has 6 nitrogen and oxygen atoms in total. The topological polar surface area (TPSA) is 87.3 Å². The average Bonchev–Trinajstić information content (AvgIpc) is 2.70. The molecule has 1 atom stereocenters. The highest BCUT2D eigenvalue weighted by Crippen LogP contribution is 2.10. The maximum absolute atomic E-state index is 11.8. The number of amides is 3. The van der Waals surface area contributed by atoms with Crippen LogP contribution in [0.1, 0.15) is 24.8 Å². The molecule has 1 aromatic carbocycles. The van der Waals surface area contributed by atoms with Crippen molar-refractivity contribution in [1.82, 2.24) is 16.0 Å². The number of carbonyl (C=O) groups excluding carboxylic acids is 3. The maximum atomic E-state index is 11.8. The second-order valence-electron chi connectivity index (χ2n) is 5.13. The molecule has 0 radical (unpaired) electrons. The molecule has 3 N–H and O–H groups in total. The van der Waals surface area contributed by atoms with Gasteiger partial charge < -0.3 is 16.0 Å². The van der Waals surface area contributed by atoms with Gasteiger partial charge in [0.2, 0.25) is 5.91 Å². The van der Waals surface area contributed by atoms with Crippen molar-refractivity contribution in [2.75, 3.05) is 6.54 Å². The Bertz CT molecular complexity index is 577. The van der Waals surface area contributed by atoms with Gasteiger partial charge in [0.05, 0.1) is 0 Å². The lowest BCUT2D eigenvalue weighted by atomic mass is 10.1. The Morgan fingerprint density at radius 3 is 2.86 bits per heavy atom. The Hall–Kier alpha value is -2.08. The summed E-state index contributed by atoms with van der Waals surface area (Å²) in [7, 11) is 0. The van der Waals surface area contributed by atoms with E-state index < -0.39 is 17.9 Å². The van der Waals surface area contributed by atoms with E-state index in [4.69, 9.17) is 11.6 Å². The Morgan fingerprint density at radius 2 is 2.09 bits per heavy atom. The summed E-state index contributed by atoms with van der Waals surface area (Å²) in [6.07, 6.45) is 2.24. The molecule has 1 saturated heterocycles. The van der Waals surface area contributed by atoms with Gasteiger partial charge in [-0.05, 0) is 37.0 Å². The molecule has 0 bridgehead atoms. The molecule has 1 aliphatic rings. The summed E-state index contributed by atoms with van der Waals surface area (Å²) in [6.45, 7) is 0.801. The molecule has 0 aliphatic carbocycles. The van der Waals surface area contributed by atoms with Gasteiger partial charge in [0.25, 0.3) is 0 Å². The van der Waals surface area contributed by atoms with E-state index in [0.29, 0.717) is 18.0 Å². The number of hydrogen-bond donors (Lipinski definition) is 3. The molecule has 0 aromatic heterocycles. The smallest absolute Gasteiger partial charge is 0.309 e. The molecule has 118 valence electrons. The Kier molecular flexibility index (Phi) is 5.77. The Balaban J connectivity index is 1.84. The number of rotatable bonds is 3. The van der Waals surface area contributed by atoms with Crippen LogP contribution < -0.4 is 16.0 Å². The molecule has 0 spiro atoms. The zero-order valence-electron chi connectivity index (χ0n) is 12.0. The molecule has 0 unspecified atom stereocenters. The number of nitrogens with one attached hydrogen (secondary N) is 3. The number of hydrogen-bond acceptors (Lipinski definition) is 3. The third-order valence-corrected chi connectivity index (χ3v) is 3.62. The van der Waals surface area contributed by atoms with E-state index in [-0.39, 0.29) is 12.5 Å². The molecule has 1 aliphatic heterocycles. The van der Waals surface area contributed by atoms with Gasteiger partial charge >= 0.3 is 11.8 Å². The average molecular weight is 324 g/mol. The van der Waals surface area contributed by atoms with Gasteiger partial charge in [0.1, 0.15) is 6.04 Å². The van der Waals surface area contributed by atoms with Crippen LogP contribution in [0.2, 0.25) is 5.02 Å². The first kappa shape index (κ1) is 16.3. The van der Waals surface area contributed by atoms with E-state index >= 15 is 0 Å². The molecular formula is C15H18ClN3O3. The highest BCUT2D eigenvalue weighted by Gasteiger charge is 2.25. The summed E-state index contributed by atoms with van der Waals surface area (Å²) >= 11 is 5.85. The largest absolute Gasteiger partial charge is 0.354 e. The summed E-state index contributed by atoms with van der Waals surface area (Å²) in [6, 6.07) is 6.35. The van der Waals surface area contributed by atoms with Crippen LogP contribution in [0.5, 0.6) is 0 Å². The quantitative estimate of drug-likeness (QED) is 0.717. The first-order chi connectivity index (χ1) is 10.6. The van der Waals surface area contributed by atoms with Crippen LogP contribution in [-0.2, 0) is 20.9 Å². The highest BCUT2D eigenvalue weighted by atomic mass is 35.5. The summed E-state index contributed by atoms with van der Waals surface area (Å²) < 4.78 is 0. The van der Waals surface area contributed by atoms with E-state index in [1.165, 1.54) is 0 Å². The minimum Gasteiger partial charge on any atom is -0.354 e. The first-order valence-electron chi connectivity index (χ1n) is 7.17. The van der Waals surface area contributed by atoms with E-state index in [9.17, 15) is 14.4 Å². The van der Waals surface area contributed by atoms with E-state index in [0.717, 1.165) is 18.4 Å². The van der Waals surface area contributed by atoms with Crippen molar-refractivity contribution in [2.45, 2.75) is 31.8 Å². The van der Waals surface area contributed by atoms with Gasteiger partial charge in [-0.15, -0.1) is 0 Å². The normalized spacial score (nSPS) is 18.0. The van der Waals surface area contributed by atoms with Crippen LogP contribution in [0, 0.1) is 0 Å². The summed E-state index contributed by atoms with van der Waals surface area (Å²) in [4.78, 5) is 35.3. The van der Waals surface area contributed by atoms with Gasteiger partial charge in [0, 0.05) is 18.1 Å². The fourth-order valence-corrected chi connectivity index (χ4v) is 2.42. The number of halogens is 1. The highest BCUT2D eigenvalue weighted by molar-refractivity contribution is 6.35. The second-order valence-corrected chi connectivity index (χ2v) is 5.56. The van der Waals surface area contributed by atoms with E-state index in [1.54, 1.807) is 24.3 Å². The molecule has 0 saturated carbocycles. The maximum Gasteiger partial charge on any atom is 0.309 e. The molecular weight excluding hydrogens is 306 g/mol. The monoisotopic (exact) mass is 323 g/mol. The predicted molar refractivity (Wildman–Crippen MR) is 82.1 cm³/mol. The molecule has 1 heterocycles. The fourth-order valence-electron chi connectivity index (χ4n) is 2.21. The van der Waals surface area contributed by atoms with E-state index in [1.807, 2.05) is 0 Å². The molecule has 1 fully saturated rings. The van der Waals surface area contributed by atoms with Gasteiger partial charge in [0.15, 0.2) is 0 Å². The summed E-state index contributed by atoms with van der Waals surface area (Å²) in [5.41, 5.74) is 0.792. The van der Waals surface area contributed by atoms with Gasteiger partial charge in [-0.2, -0.15) is 0 Å². The molecule has 3 amide bonds. The van der Waals surface area contributed by atoms with Crippen molar-refractivity contribution in [3.8, 4) is 0 Å². The fraction of sp³-hybridized carbons (Fsp3) is 0.400. The van der Waals surface area contributed by atoms with Crippen LogP contribution in [0.3, 0.4) is 0 Å². The van der Waals surface area contributed by atoms with Crippen LogP contribution in [-0.4, -0.2) is 30.3 Å². The number of benzene rings is 1. The van der Waals surface area contributed by atoms with Crippen LogP contribution >= 0.6 is 11.6 Å². The van der Waals surface area contributed by atoms with Crippen LogP contribution in [0.25, 0.3) is 0 Å². The van der Waals surface area contributed by atoms with Crippen LogP contribution in [0.15, 0.2) is 24.3 Å². The van der Waals surface area contributed by atoms with Crippen molar-refractivity contribution < 1.29 is 14.4 Å². The van der Waals surface area contributed by atoms with Crippen molar-refractivity contribution in [3.05, 3.63) is 34.9 Å². The molecule has 2 rings (SSSR count). The van der Waals surface area contributed by atoms with E-state index in [2.05, 4.69) is 16.0 Å². The third-order valence-electron chi connectivity index (χ3n) is 3.39. The van der Waals surface area contributed by atoms with Gasteiger partial charge in [-0.1, -0.05) is 23.7 Å². The molecule has 1 aromatic rings. The predicted octanol–water partition coefficient (Wildman–Crippen LogP) is 0.741. The molecule has 22 heavy (non-hydrogen) atoms. The van der Waals surface area contributed by atoms with Gasteiger partial charge in [-0.3, -0.25) is 14.4 Å². The lowest BCUT2D eigenvalue weighted by Crippen LogP contribution is -2.50. The minimum atomic E-state index is -0.802. The van der Waals surface area contributed by atoms with Gasteiger partial charge in [-0.25, -0.2) is 0 Å².